The maximum Gasteiger partial charge on any atom is 0.248 e. The number of H-pyrrole nitrogens is 1. The van der Waals surface area contributed by atoms with Crippen molar-refractivity contribution in [1.82, 2.24) is 15.2 Å². The molecule has 0 saturated heterocycles. The summed E-state index contributed by atoms with van der Waals surface area (Å²) in [6.07, 6.45) is 1.26. The number of aromatic nitrogens is 3. The fourth-order valence-electron chi connectivity index (χ4n) is 1.50. The van der Waals surface area contributed by atoms with Gasteiger partial charge in [0.2, 0.25) is 11.9 Å². The normalized spacial score (nSPS) is 12.1. The van der Waals surface area contributed by atoms with E-state index in [2.05, 4.69) is 20.5 Å². The van der Waals surface area contributed by atoms with Gasteiger partial charge in [-0.25, -0.2) is 5.10 Å². The molecule has 18 heavy (non-hydrogen) atoms. The molecular formula is C11H14N6O. The molecule has 0 aliphatic carbocycles. The van der Waals surface area contributed by atoms with E-state index in [1.165, 1.54) is 0 Å². The minimum Gasteiger partial charge on any atom is -0.368 e. The van der Waals surface area contributed by atoms with E-state index in [1.54, 1.807) is 0 Å². The number of nitrogens with zero attached hydrogens (tertiary/aromatic N) is 2. The Kier molecular flexibility index (Phi) is 3.54. The summed E-state index contributed by atoms with van der Waals surface area (Å²) in [4.78, 5) is 14.4. The van der Waals surface area contributed by atoms with Crippen LogP contribution in [0.3, 0.4) is 0 Å². The zero-order valence-corrected chi connectivity index (χ0v) is 9.63. The summed E-state index contributed by atoms with van der Waals surface area (Å²) in [5.41, 5.74) is 12.8. The molecule has 0 spiro atoms. The van der Waals surface area contributed by atoms with Crippen LogP contribution in [0.1, 0.15) is 5.56 Å². The number of carbonyl (C=O) groups excluding carboxylic acids is 1. The third-order valence-corrected chi connectivity index (χ3v) is 2.36. The molecule has 0 aliphatic heterocycles. The van der Waals surface area contributed by atoms with Crippen LogP contribution in [0.5, 0.6) is 0 Å². The van der Waals surface area contributed by atoms with Crippen molar-refractivity contribution in [3.8, 4) is 0 Å². The third kappa shape index (κ3) is 3.05. The van der Waals surface area contributed by atoms with Crippen LogP contribution in [0.25, 0.3) is 0 Å². The highest BCUT2D eigenvalue weighted by Crippen LogP contribution is 2.14. The second-order valence-corrected chi connectivity index (χ2v) is 3.87. The molecule has 1 atom stereocenters. The van der Waals surface area contributed by atoms with Crippen LogP contribution in [0.4, 0.5) is 17.6 Å². The van der Waals surface area contributed by atoms with Gasteiger partial charge < -0.3 is 21.6 Å². The van der Waals surface area contributed by atoms with Crippen molar-refractivity contribution in [2.45, 2.75) is 12.5 Å². The Morgan fingerprint density at radius 2 is 2.11 bits per heavy atom. The van der Waals surface area contributed by atoms with Gasteiger partial charge in [-0.1, -0.05) is 12.1 Å². The van der Waals surface area contributed by atoms with Crippen molar-refractivity contribution < 1.29 is 4.79 Å². The number of carbonyl (C=O) groups is 1. The molecule has 0 radical (unpaired) electrons. The van der Waals surface area contributed by atoms with E-state index < -0.39 is 6.04 Å². The Balaban J connectivity index is 2.01. The van der Waals surface area contributed by atoms with Gasteiger partial charge >= 0.3 is 0 Å². The Hall–Kier alpha value is -2.41. The summed E-state index contributed by atoms with van der Waals surface area (Å²) in [5.74, 6) is 0.663. The Morgan fingerprint density at radius 1 is 1.39 bits per heavy atom. The molecule has 0 aliphatic rings. The largest absolute Gasteiger partial charge is 0.368 e. The lowest BCUT2D eigenvalue weighted by atomic mass is 10.1. The van der Waals surface area contributed by atoms with Crippen molar-refractivity contribution in [2.24, 2.45) is 5.73 Å². The molecule has 7 heteroatoms. The van der Waals surface area contributed by atoms with Crippen LogP contribution in [-0.4, -0.2) is 27.5 Å². The van der Waals surface area contributed by atoms with E-state index in [0.717, 1.165) is 17.5 Å². The SMILES string of the molecule is Nc1nc(Nc2ccc(C[C@H](N)C=O)cc2)n[nH]1. The molecule has 1 aromatic heterocycles. The molecule has 2 rings (SSSR count). The fraction of sp³-hybridized carbons (Fsp3) is 0.182. The number of aromatic amines is 1. The molecule has 1 heterocycles. The van der Waals surface area contributed by atoms with Gasteiger partial charge in [0, 0.05) is 5.69 Å². The van der Waals surface area contributed by atoms with Gasteiger partial charge in [-0.15, -0.1) is 5.10 Å². The smallest absolute Gasteiger partial charge is 0.248 e. The molecule has 0 saturated carbocycles. The lowest BCUT2D eigenvalue weighted by molar-refractivity contribution is -0.108. The van der Waals surface area contributed by atoms with E-state index in [1.807, 2.05) is 24.3 Å². The number of anilines is 3. The first-order chi connectivity index (χ1) is 8.67. The van der Waals surface area contributed by atoms with Gasteiger partial charge in [-0.2, -0.15) is 4.98 Å². The number of nitrogens with two attached hydrogens (primary N) is 2. The summed E-state index contributed by atoms with van der Waals surface area (Å²) < 4.78 is 0. The topological polar surface area (TPSA) is 123 Å². The Morgan fingerprint density at radius 3 is 2.67 bits per heavy atom. The van der Waals surface area contributed by atoms with Crippen LogP contribution >= 0.6 is 0 Å². The molecule has 1 aromatic carbocycles. The highest BCUT2D eigenvalue weighted by molar-refractivity contribution is 5.58. The van der Waals surface area contributed by atoms with E-state index in [-0.39, 0.29) is 5.95 Å². The maximum atomic E-state index is 10.5. The third-order valence-electron chi connectivity index (χ3n) is 2.36. The number of nitrogens with one attached hydrogen (secondary N) is 2. The summed E-state index contributed by atoms with van der Waals surface area (Å²) in [6, 6.07) is 7.04. The molecule has 0 bridgehead atoms. The number of hydrogen-bond donors (Lipinski definition) is 4. The zero-order chi connectivity index (χ0) is 13.0. The van der Waals surface area contributed by atoms with Crippen molar-refractivity contribution >= 4 is 23.9 Å². The van der Waals surface area contributed by atoms with E-state index in [9.17, 15) is 4.79 Å². The summed E-state index contributed by atoms with van der Waals surface area (Å²) in [7, 11) is 0. The average Bonchev–Trinajstić information content (AvgIpc) is 2.77. The van der Waals surface area contributed by atoms with E-state index >= 15 is 0 Å². The van der Waals surface area contributed by atoms with Gasteiger partial charge in [0.25, 0.3) is 0 Å². The Labute approximate surface area is 104 Å². The second-order valence-electron chi connectivity index (χ2n) is 3.87. The highest BCUT2D eigenvalue weighted by Gasteiger charge is 2.03. The minimum absolute atomic E-state index is 0.256. The first kappa shape index (κ1) is 12.1. The van der Waals surface area contributed by atoms with Crippen LogP contribution < -0.4 is 16.8 Å². The fourth-order valence-corrected chi connectivity index (χ4v) is 1.50. The monoisotopic (exact) mass is 246 g/mol. The van der Waals surface area contributed by atoms with Gasteiger partial charge in [0.1, 0.15) is 6.29 Å². The lowest BCUT2D eigenvalue weighted by Crippen LogP contribution is -2.23. The van der Waals surface area contributed by atoms with Crippen LogP contribution in [0.2, 0.25) is 0 Å². The molecule has 0 amide bonds. The average molecular weight is 246 g/mol. The maximum absolute atomic E-state index is 10.5. The molecule has 7 nitrogen and oxygen atoms in total. The molecule has 94 valence electrons. The van der Waals surface area contributed by atoms with Crippen LogP contribution in [0.15, 0.2) is 24.3 Å². The summed E-state index contributed by atoms with van der Waals surface area (Å²) in [5, 5.41) is 9.37. The quantitative estimate of drug-likeness (QED) is 0.559. The predicted molar refractivity (Wildman–Crippen MR) is 68.3 cm³/mol. The van der Waals surface area contributed by atoms with Gasteiger partial charge in [0.05, 0.1) is 6.04 Å². The Bertz CT molecular complexity index is 521. The van der Waals surface area contributed by atoms with Crippen molar-refractivity contribution in [1.29, 1.82) is 0 Å². The summed E-state index contributed by atoms with van der Waals surface area (Å²) in [6.45, 7) is 0. The first-order valence-corrected chi connectivity index (χ1v) is 5.42. The van der Waals surface area contributed by atoms with Gasteiger partial charge in [-0.3, -0.25) is 0 Å². The minimum atomic E-state index is -0.461. The van der Waals surface area contributed by atoms with Crippen LogP contribution in [-0.2, 0) is 11.2 Å². The molecule has 2 aromatic rings. The van der Waals surface area contributed by atoms with Gasteiger partial charge in [0.15, 0.2) is 0 Å². The lowest BCUT2D eigenvalue weighted by Gasteiger charge is -2.06. The molecular weight excluding hydrogens is 232 g/mol. The number of benzene rings is 1. The second kappa shape index (κ2) is 5.28. The van der Waals surface area contributed by atoms with Crippen molar-refractivity contribution in [3.63, 3.8) is 0 Å². The van der Waals surface area contributed by atoms with Gasteiger partial charge in [-0.05, 0) is 24.1 Å². The van der Waals surface area contributed by atoms with Crippen LogP contribution in [0, 0.1) is 0 Å². The number of aldehydes is 1. The molecule has 0 unspecified atom stereocenters. The number of rotatable bonds is 5. The van der Waals surface area contributed by atoms with E-state index in [4.69, 9.17) is 11.5 Å². The van der Waals surface area contributed by atoms with Crippen molar-refractivity contribution in [3.05, 3.63) is 29.8 Å². The molecule has 0 fully saturated rings. The predicted octanol–water partition coefficient (Wildman–Crippen LogP) is 0.199. The number of nitrogen functional groups attached to an aromatic ring is 1. The zero-order valence-electron chi connectivity index (χ0n) is 9.63. The number of hydrogen-bond acceptors (Lipinski definition) is 6. The highest BCUT2D eigenvalue weighted by atomic mass is 16.1. The molecule has 6 N–H and O–H groups in total. The standard InChI is InChI=1S/C11H14N6O/c12-8(6-18)5-7-1-3-9(4-2-7)14-11-15-10(13)16-17-11/h1-4,6,8H,5,12H2,(H4,13,14,15,16,17)/t8-/m0/s1. The van der Waals surface area contributed by atoms with Crippen molar-refractivity contribution in [2.75, 3.05) is 11.1 Å². The van der Waals surface area contributed by atoms with E-state index in [0.29, 0.717) is 12.4 Å². The summed E-state index contributed by atoms with van der Waals surface area (Å²) >= 11 is 0. The first-order valence-electron chi connectivity index (χ1n) is 5.42.